The van der Waals surface area contributed by atoms with Crippen molar-refractivity contribution in [1.82, 2.24) is 0 Å². The van der Waals surface area contributed by atoms with E-state index in [4.69, 9.17) is 9.47 Å². The van der Waals surface area contributed by atoms with Crippen LogP contribution in [0.3, 0.4) is 0 Å². The molecule has 0 spiro atoms. The number of para-hydroxylation sites is 2. The minimum Gasteiger partial charge on any atom is -0.616 e. The number of nitrogens with zero attached hydrogens (tertiary/aromatic N) is 1. The van der Waals surface area contributed by atoms with Gasteiger partial charge >= 0.3 is 11.8 Å². The first kappa shape index (κ1) is 13.9. The van der Waals surface area contributed by atoms with E-state index in [0.29, 0.717) is 16.0 Å². The second-order valence-corrected chi connectivity index (χ2v) is 4.61. The lowest BCUT2D eigenvalue weighted by atomic mass is 10.2. The lowest BCUT2D eigenvalue weighted by Gasteiger charge is -2.09. The van der Waals surface area contributed by atoms with E-state index in [9.17, 15) is 10.0 Å². The molecule has 5 nitrogen and oxygen atoms in total. The van der Waals surface area contributed by atoms with E-state index >= 15 is 0 Å². The van der Waals surface area contributed by atoms with Gasteiger partial charge in [0.25, 0.3) is 0 Å². The number of benzene rings is 2. The van der Waals surface area contributed by atoms with Crippen molar-refractivity contribution >= 4 is 16.9 Å². The molecule has 0 radical (unpaired) electrons. The van der Waals surface area contributed by atoms with Gasteiger partial charge in [0, 0.05) is 11.5 Å². The Morgan fingerprint density at radius 2 is 1.73 bits per heavy atom. The summed E-state index contributed by atoms with van der Waals surface area (Å²) in [6, 6.07) is 17.0. The molecule has 0 atom stereocenters. The fourth-order valence-electron chi connectivity index (χ4n) is 2.20. The molecule has 0 aliphatic carbocycles. The van der Waals surface area contributed by atoms with Gasteiger partial charge in [-0.1, -0.05) is 24.3 Å². The number of esters is 1. The second-order valence-electron chi connectivity index (χ2n) is 4.61. The fourth-order valence-corrected chi connectivity index (χ4v) is 2.20. The Labute approximate surface area is 126 Å². The summed E-state index contributed by atoms with van der Waals surface area (Å²) in [6.45, 7) is 0. The van der Waals surface area contributed by atoms with E-state index in [2.05, 4.69) is 0 Å². The summed E-state index contributed by atoms with van der Waals surface area (Å²) in [5, 5.41) is 13.0. The summed E-state index contributed by atoms with van der Waals surface area (Å²) in [6.07, 6.45) is 0. The van der Waals surface area contributed by atoms with Gasteiger partial charge in [0.15, 0.2) is 0 Å². The predicted molar refractivity (Wildman–Crippen MR) is 80.9 cm³/mol. The third-order valence-electron chi connectivity index (χ3n) is 3.29. The van der Waals surface area contributed by atoms with E-state index < -0.39 is 5.97 Å². The number of hydrogen-bond donors (Lipinski definition) is 0. The summed E-state index contributed by atoms with van der Waals surface area (Å²) in [7, 11) is 1.47. The second kappa shape index (κ2) is 5.73. The van der Waals surface area contributed by atoms with Crippen LogP contribution in [-0.4, -0.2) is 13.1 Å². The average Bonchev–Trinajstić information content (AvgIpc) is 2.57. The summed E-state index contributed by atoms with van der Waals surface area (Å²) in [5.41, 5.74) is 0.700. The summed E-state index contributed by atoms with van der Waals surface area (Å²) < 4.78 is 10.9. The molecule has 3 rings (SSSR count). The molecule has 0 saturated heterocycles. The van der Waals surface area contributed by atoms with Crippen molar-refractivity contribution in [2.75, 3.05) is 7.11 Å². The molecule has 22 heavy (non-hydrogen) atoms. The first-order valence-corrected chi connectivity index (χ1v) is 6.67. The lowest BCUT2D eigenvalue weighted by molar-refractivity contribution is -0.582. The molecule has 0 N–H and O–H groups in total. The summed E-state index contributed by atoms with van der Waals surface area (Å²) in [5.74, 6) is -0.322. The maximum Gasteiger partial charge on any atom is 0.387 e. The Kier molecular flexibility index (Phi) is 3.62. The van der Waals surface area contributed by atoms with Gasteiger partial charge in [0.1, 0.15) is 11.3 Å². The van der Waals surface area contributed by atoms with E-state index in [1.54, 1.807) is 42.5 Å². The van der Waals surface area contributed by atoms with Gasteiger partial charge in [-0.2, -0.15) is 0 Å². The smallest absolute Gasteiger partial charge is 0.387 e. The number of carbonyl (C=O) groups excluding carboxylic acids is 1. The number of methoxy groups -OCH3 is 1. The highest BCUT2D eigenvalue weighted by Crippen LogP contribution is 2.20. The van der Waals surface area contributed by atoms with Crippen LogP contribution in [0.5, 0.6) is 11.6 Å². The monoisotopic (exact) mass is 295 g/mol. The van der Waals surface area contributed by atoms with E-state index in [-0.39, 0.29) is 11.4 Å². The Hall–Kier alpha value is -3.08. The molecule has 0 aliphatic heterocycles. The Morgan fingerprint density at radius 3 is 2.55 bits per heavy atom. The SMILES string of the molecule is COc1ccccc1C(=O)Oc1ccc2ccccc2[n+]1[O-]. The van der Waals surface area contributed by atoms with Crippen LogP contribution >= 0.6 is 0 Å². The molecule has 0 saturated carbocycles. The van der Waals surface area contributed by atoms with E-state index in [1.165, 1.54) is 13.2 Å². The molecule has 5 heteroatoms. The summed E-state index contributed by atoms with van der Waals surface area (Å²) in [4.78, 5) is 12.2. The molecule has 0 amide bonds. The third-order valence-corrected chi connectivity index (χ3v) is 3.29. The average molecular weight is 295 g/mol. The van der Waals surface area contributed by atoms with Crippen LogP contribution in [-0.2, 0) is 0 Å². The molecular weight excluding hydrogens is 282 g/mol. The van der Waals surface area contributed by atoms with Crippen LogP contribution < -0.4 is 14.2 Å². The zero-order valence-electron chi connectivity index (χ0n) is 11.9. The number of ether oxygens (including phenoxy) is 2. The highest BCUT2D eigenvalue weighted by atomic mass is 16.6. The van der Waals surface area contributed by atoms with Gasteiger partial charge in [0.2, 0.25) is 5.52 Å². The van der Waals surface area contributed by atoms with E-state index in [0.717, 1.165) is 5.39 Å². The number of pyridine rings is 1. The van der Waals surface area contributed by atoms with Crippen molar-refractivity contribution in [2.24, 2.45) is 0 Å². The van der Waals surface area contributed by atoms with Gasteiger partial charge < -0.3 is 14.7 Å². The van der Waals surface area contributed by atoms with Crippen LogP contribution in [0.2, 0.25) is 0 Å². The quantitative estimate of drug-likeness (QED) is 0.423. The number of carbonyl (C=O) groups is 1. The van der Waals surface area contributed by atoms with Gasteiger partial charge in [0.05, 0.1) is 13.2 Å². The van der Waals surface area contributed by atoms with Crippen molar-refractivity contribution in [3.8, 4) is 11.6 Å². The van der Waals surface area contributed by atoms with E-state index in [1.807, 2.05) is 12.1 Å². The molecule has 3 aromatic rings. The van der Waals surface area contributed by atoms with Gasteiger partial charge in [-0.15, -0.1) is 4.73 Å². The summed E-state index contributed by atoms with van der Waals surface area (Å²) >= 11 is 0. The van der Waals surface area contributed by atoms with Gasteiger partial charge in [-0.3, -0.25) is 0 Å². The zero-order valence-corrected chi connectivity index (χ0v) is 11.9. The molecule has 0 aliphatic rings. The van der Waals surface area contributed by atoms with Crippen molar-refractivity contribution in [1.29, 1.82) is 0 Å². The van der Waals surface area contributed by atoms with Crippen LogP contribution in [0.4, 0.5) is 0 Å². The molecule has 1 heterocycles. The molecule has 110 valence electrons. The molecule has 0 fully saturated rings. The van der Waals surface area contributed by atoms with Gasteiger partial charge in [-0.05, 0) is 24.3 Å². The third kappa shape index (κ3) is 2.44. The van der Waals surface area contributed by atoms with Crippen molar-refractivity contribution in [3.05, 3.63) is 71.4 Å². The largest absolute Gasteiger partial charge is 0.616 e. The predicted octanol–water partition coefficient (Wildman–Crippen LogP) is 2.70. The standard InChI is InChI=1S/C17H13NO4/c1-21-15-9-5-3-7-13(15)17(19)22-16-11-10-12-6-2-4-8-14(12)18(16)20/h2-11H,1H3. The molecular formula is C17H13NO4. The maximum absolute atomic E-state index is 12.3. The fraction of sp³-hybridized carbons (Fsp3) is 0.0588. The van der Waals surface area contributed by atoms with Crippen LogP contribution in [0, 0.1) is 5.21 Å². The Bertz CT molecular complexity index is 845. The van der Waals surface area contributed by atoms with Crippen molar-refractivity contribution in [3.63, 3.8) is 0 Å². The number of rotatable bonds is 3. The minimum atomic E-state index is -0.641. The first-order valence-electron chi connectivity index (χ1n) is 6.67. The molecule has 1 aromatic heterocycles. The minimum absolute atomic E-state index is 0.0744. The lowest BCUT2D eigenvalue weighted by Crippen LogP contribution is -2.31. The highest BCUT2D eigenvalue weighted by molar-refractivity contribution is 5.93. The number of hydrogen-bond acceptors (Lipinski definition) is 4. The molecule has 0 bridgehead atoms. The zero-order chi connectivity index (χ0) is 15.5. The molecule has 2 aromatic carbocycles. The first-order chi connectivity index (χ1) is 10.7. The highest BCUT2D eigenvalue weighted by Gasteiger charge is 2.19. The van der Waals surface area contributed by atoms with Crippen LogP contribution in [0.1, 0.15) is 10.4 Å². The van der Waals surface area contributed by atoms with Gasteiger partial charge in [-0.25, -0.2) is 4.79 Å². The molecule has 0 unspecified atom stereocenters. The maximum atomic E-state index is 12.3. The number of fused-ring (bicyclic) bond motifs is 1. The Balaban J connectivity index is 1.96. The number of aromatic nitrogens is 1. The van der Waals surface area contributed by atoms with Crippen LogP contribution in [0.15, 0.2) is 60.7 Å². The Morgan fingerprint density at radius 1 is 1.00 bits per heavy atom. The topological polar surface area (TPSA) is 62.5 Å². The normalized spacial score (nSPS) is 10.4. The van der Waals surface area contributed by atoms with Crippen LogP contribution in [0.25, 0.3) is 10.9 Å². The van der Waals surface area contributed by atoms with Crippen molar-refractivity contribution in [2.45, 2.75) is 0 Å². The van der Waals surface area contributed by atoms with Crippen molar-refractivity contribution < 1.29 is 19.0 Å².